The molecular formula is C20H32F2N2OS. The van der Waals surface area contributed by atoms with Gasteiger partial charge in [0, 0.05) is 37.2 Å². The Balaban J connectivity index is 1.42. The van der Waals surface area contributed by atoms with E-state index in [0.29, 0.717) is 5.19 Å². The average molecular weight is 387 g/mol. The van der Waals surface area contributed by atoms with Crippen molar-refractivity contribution in [2.45, 2.75) is 77.1 Å². The van der Waals surface area contributed by atoms with Gasteiger partial charge in [-0.25, -0.2) is 13.8 Å². The molecule has 6 heteroatoms. The van der Waals surface area contributed by atoms with Crippen molar-refractivity contribution in [3.05, 3.63) is 10.6 Å². The summed E-state index contributed by atoms with van der Waals surface area (Å²) in [5, 5.41) is 0.567. The first-order valence-electron chi connectivity index (χ1n) is 10.3. The minimum atomic E-state index is -2.63. The summed E-state index contributed by atoms with van der Waals surface area (Å²) in [5.74, 6) is -1.70. The zero-order valence-corrected chi connectivity index (χ0v) is 16.8. The molecule has 3 nitrogen and oxygen atoms in total. The summed E-state index contributed by atoms with van der Waals surface area (Å²) in [7, 11) is 0. The van der Waals surface area contributed by atoms with E-state index in [0.717, 1.165) is 37.5 Å². The molecule has 1 aromatic heterocycles. The van der Waals surface area contributed by atoms with E-state index in [1.54, 1.807) is 11.3 Å². The number of nitrogens with zero attached hydrogens (tertiary/aromatic N) is 2. The molecule has 0 bridgehead atoms. The maximum absolute atomic E-state index is 13.3. The van der Waals surface area contributed by atoms with Crippen LogP contribution in [0.2, 0.25) is 0 Å². The van der Waals surface area contributed by atoms with E-state index in [2.05, 4.69) is 9.88 Å². The van der Waals surface area contributed by atoms with Crippen LogP contribution in [0.4, 0.5) is 8.78 Å². The molecule has 1 saturated carbocycles. The van der Waals surface area contributed by atoms with Crippen molar-refractivity contribution in [2.75, 3.05) is 26.2 Å². The van der Waals surface area contributed by atoms with Crippen LogP contribution in [0.1, 0.15) is 68.9 Å². The largest absolute Gasteiger partial charge is 0.470 e. The molecule has 0 amide bonds. The smallest absolute Gasteiger partial charge is 0.273 e. The van der Waals surface area contributed by atoms with Crippen LogP contribution >= 0.6 is 11.3 Å². The summed E-state index contributed by atoms with van der Waals surface area (Å²) in [4.78, 5) is 8.42. The minimum Gasteiger partial charge on any atom is -0.470 e. The molecule has 2 aliphatic rings. The molecule has 0 spiro atoms. The Morgan fingerprint density at radius 2 is 1.96 bits per heavy atom. The van der Waals surface area contributed by atoms with Crippen molar-refractivity contribution in [3.8, 4) is 5.19 Å². The van der Waals surface area contributed by atoms with Gasteiger partial charge in [0.1, 0.15) is 0 Å². The normalized spacial score (nSPS) is 20.0. The van der Waals surface area contributed by atoms with E-state index in [1.165, 1.54) is 56.9 Å². The summed E-state index contributed by atoms with van der Waals surface area (Å²) < 4.78 is 32.1. The molecule has 0 unspecified atom stereocenters. The number of aromatic nitrogens is 1. The molecule has 1 fully saturated rings. The topological polar surface area (TPSA) is 25.4 Å². The Hall–Kier alpha value is -0.750. The first-order chi connectivity index (χ1) is 12.6. The Morgan fingerprint density at radius 3 is 2.73 bits per heavy atom. The SMILES string of the molecule is CCC(F)(F)CCOc1nc2c(s1)CCN(CCC1CCCCC1)CC2. The molecule has 1 aromatic rings. The average Bonchev–Trinajstić information content (AvgIpc) is 2.94. The zero-order chi connectivity index (χ0) is 18.4. The van der Waals surface area contributed by atoms with Crippen LogP contribution in [0.15, 0.2) is 0 Å². The second-order valence-corrected chi connectivity index (χ2v) is 8.84. The first kappa shape index (κ1) is 20.0. The molecule has 0 atom stereocenters. The highest BCUT2D eigenvalue weighted by atomic mass is 32.1. The molecule has 0 N–H and O–H groups in total. The number of thiazole rings is 1. The van der Waals surface area contributed by atoms with Gasteiger partial charge in [-0.15, -0.1) is 0 Å². The van der Waals surface area contributed by atoms with Gasteiger partial charge in [0.2, 0.25) is 0 Å². The number of hydrogen-bond acceptors (Lipinski definition) is 4. The highest BCUT2D eigenvalue weighted by Gasteiger charge is 2.26. The van der Waals surface area contributed by atoms with Gasteiger partial charge < -0.3 is 9.64 Å². The van der Waals surface area contributed by atoms with Crippen LogP contribution in [0.3, 0.4) is 0 Å². The number of fused-ring (bicyclic) bond motifs is 1. The lowest BCUT2D eigenvalue weighted by molar-refractivity contribution is -0.0218. The maximum atomic E-state index is 13.3. The van der Waals surface area contributed by atoms with Crippen LogP contribution < -0.4 is 4.74 Å². The predicted molar refractivity (Wildman–Crippen MR) is 103 cm³/mol. The van der Waals surface area contributed by atoms with Crippen molar-refractivity contribution >= 4 is 11.3 Å². The van der Waals surface area contributed by atoms with Crippen LogP contribution in [0, 0.1) is 5.92 Å². The molecule has 2 heterocycles. The standard InChI is InChI=1S/C20H32F2N2OS/c1-2-20(21,22)11-15-25-19-23-17-9-13-24(14-10-18(17)26-19)12-8-16-6-4-3-5-7-16/h16H,2-15H2,1H3. The Kier molecular flexibility index (Phi) is 7.27. The van der Waals surface area contributed by atoms with E-state index < -0.39 is 5.92 Å². The first-order valence-corrected chi connectivity index (χ1v) is 11.1. The van der Waals surface area contributed by atoms with Gasteiger partial charge in [0.05, 0.1) is 12.3 Å². The van der Waals surface area contributed by atoms with Crippen LogP contribution in [0.25, 0.3) is 0 Å². The number of alkyl halides is 2. The van der Waals surface area contributed by atoms with Gasteiger partial charge in [0.25, 0.3) is 11.1 Å². The second kappa shape index (κ2) is 9.45. The maximum Gasteiger partial charge on any atom is 0.273 e. The molecule has 26 heavy (non-hydrogen) atoms. The number of rotatable bonds is 8. The lowest BCUT2D eigenvalue weighted by atomic mass is 9.87. The summed E-state index contributed by atoms with van der Waals surface area (Å²) in [5.41, 5.74) is 1.12. The third kappa shape index (κ3) is 5.88. The van der Waals surface area contributed by atoms with Crippen LogP contribution in [-0.2, 0) is 12.8 Å². The molecule has 1 aliphatic heterocycles. The minimum absolute atomic E-state index is 0.0424. The van der Waals surface area contributed by atoms with Gasteiger partial charge in [0.15, 0.2) is 0 Å². The fourth-order valence-electron chi connectivity index (χ4n) is 3.98. The lowest BCUT2D eigenvalue weighted by Gasteiger charge is -2.26. The lowest BCUT2D eigenvalue weighted by Crippen LogP contribution is -2.29. The summed E-state index contributed by atoms with van der Waals surface area (Å²) in [6.45, 7) is 4.88. The molecule has 148 valence electrons. The van der Waals surface area contributed by atoms with E-state index >= 15 is 0 Å². The second-order valence-electron chi connectivity index (χ2n) is 7.79. The zero-order valence-electron chi connectivity index (χ0n) is 15.9. The van der Waals surface area contributed by atoms with Gasteiger partial charge >= 0.3 is 0 Å². The molecule has 0 radical (unpaired) electrons. The summed E-state index contributed by atoms with van der Waals surface area (Å²) >= 11 is 1.55. The molecule has 3 rings (SSSR count). The van der Waals surface area contributed by atoms with Crippen molar-refractivity contribution in [1.82, 2.24) is 9.88 Å². The molecule has 1 aliphatic carbocycles. The summed E-state index contributed by atoms with van der Waals surface area (Å²) in [6, 6.07) is 0. The number of hydrogen-bond donors (Lipinski definition) is 0. The summed E-state index contributed by atoms with van der Waals surface area (Å²) in [6.07, 6.45) is 10.0. The fraction of sp³-hybridized carbons (Fsp3) is 0.850. The van der Waals surface area contributed by atoms with E-state index in [-0.39, 0.29) is 19.4 Å². The van der Waals surface area contributed by atoms with Crippen molar-refractivity contribution in [3.63, 3.8) is 0 Å². The van der Waals surface area contributed by atoms with Crippen molar-refractivity contribution < 1.29 is 13.5 Å². The highest BCUT2D eigenvalue weighted by molar-refractivity contribution is 7.13. The van der Waals surface area contributed by atoms with E-state index in [9.17, 15) is 8.78 Å². The quantitative estimate of drug-likeness (QED) is 0.604. The molecule has 0 saturated heterocycles. The Morgan fingerprint density at radius 1 is 1.19 bits per heavy atom. The van der Waals surface area contributed by atoms with E-state index in [4.69, 9.17) is 4.74 Å². The predicted octanol–water partition coefficient (Wildman–Crippen LogP) is 5.33. The molecule has 0 aromatic carbocycles. The van der Waals surface area contributed by atoms with Crippen LogP contribution in [-0.4, -0.2) is 42.0 Å². The highest BCUT2D eigenvalue weighted by Crippen LogP contribution is 2.30. The monoisotopic (exact) mass is 386 g/mol. The van der Waals surface area contributed by atoms with Gasteiger partial charge in [-0.1, -0.05) is 50.4 Å². The van der Waals surface area contributed by atoms with Gasteiger partial charge in [-0.3, -0.25) is 0 Å². The fourth-order valence-corrected chi connectivity index (χ4v) is 4.94. The van der Waals surface area contributed by atoms with Gasteiger partial charge in [-0.05, 0) is 25.3 Å². The molecular weight excluding hydrogens is 354 g/mol. The van der Waals surface area contributed by atoms with Crippen molar-refractivity contribution in [2.24, 2.45) is 5.92 Å². The van der Waals surface area contributed by atoms with Crippen LogP contribution in [0.5, 0.6) is 5.19 Å². The number of ether oxygens (including phenoxy) is 1. The number of halogens is 2. The van der Waals surface area contributed by atoms with Gasteiger partial charge in [-0.2, -0.15) is 0 Å². The third-order valence-corrected chi connectivity index (χ3v) is 6.94. The Bertz CT molecular complexity index is 533. The van der Waals surface area contributed by atoms with Crippen molar-refractivity contribution in [1.29, 1.82) is 0 Å². The third-order valence-electron chi connectivity index (χ3n) is 5.87. The van der Waals surface area contributed by atoms with E-state index in [1.807, 2.05) is 0 Å². The Labute approximate surface area is 160 Å².